The Kier molecular flexibility index (Phi) is 3.29. The zero-order valence-electron chi connectivity index (χ0n) is 10.9. The molecule has 4 nitrogen and oxygen atoms in total. The van der Waals surface area contributed by atoms with Crippen LogP contribution in [0.5, 0.6) is 0 Å². The van der Waals surface area contributed by atoms with Crippen LogP contribution in [0.3, 0.4) is 0 Å². The molecule has 0 saturated heterocycles. The van der Waals surface area contributed by atoms with Crippen molar-refractivity contribution in [3.8, 4) is 5.69 Å². The molecule has 19 heavy (non-hydrogen) atoms. The lowest BCUT2D eigenvalue weighted by atomic mass is 9.82. The van der Waals surface area contributed by atoms with E-state index in [1.807, 2.05) is 22.9 Å². The van der Waals surface area contributed by atoms with E-state index in [1.165, 1.54) is 25.0 Å². The van der Waals surface area contributed by atoms with Gasteiger partial charge in [-0.05, 0) is 37.5 Å². The van der Waals surface area contributed by atoms with E-state index >= 15 is 0 Å². The van der Waals surface area contributed by atoms with Crippen LogP contribution in [0.4, 0.5) is 0 Å². The first kappa shape index (κ1) is 12.6. The number of halogens is 1. The average molecular weight is 277 g/mol. The lowest BCUT2D eigenvalue weighted by molar-refractivity contribution is 0.400. The van der Waals surface area contributed by atoms with Crippen molar-refractivity contribution in [2.45, 2.75) is 38.6 Å². The summed E-state index contributed by atoms with van der Waals surface area (Å²) < 4.78 is 1.92. The quantitative estimate of drug-likeness (QED) is 0.938. The lowest BCUT2D eigenvalue weighted by Gasteiger charge is -2.26. The number of hydrogen-bond acceptors (Lipinski definition) is 3. The summed E-state index contributed by atoms with van der Waals surface area (Å²) in [6.07, 6.45) is 3.66. The van der Waals surface area contributed by atoms with Crippen LogP contribution in [0.25, 0.3) is 5.69 Å². The van der Waals surface area contributed by atoms with Gasteiger partial charge in [-0.25, -0.2) is 4.68 Å². The molecule has 2 N–H and O–H groups in total. The highest BCUT2D eigenvalue weighted by Gasteiger charge is 2.28. The molecule has 1 fully saturated rings. The predicted molar refractivity (Wildman–Crippen MR) is 75.6 cm³/mol. The molecule has 2 aromatic rings. The Hall–Kier alpha value is -1.39. The van der Waals surface area contributed by atoms with E-state index < -0.39 is 0 Å². The van der Waals surface area contributed by atoms with Gasteiger partial charge in [0.05, 0.1) is 11.4 Å². The molecule has 100 valence electrons. The van der Waals surface area contributed by atoms with E-state index in [1.54, 1.807) is 0 Å². The average Bonchev–Trinajstić information content (AvgIpc) is 2.74. The van der Waals surface area contributed by atoms with Crippen LogP contribution in [0, 0.1) is 6.92 Å². The number of nitrogens with zero attached hydrogens (tertiary/aromatic N) is 3. The van der Waals surface area contributed by atoms with Gasteiger partial charge < -0.3 is 5.73 Å². The van der Waals surface area contributed by atoms with Crippen LogP contribution < -0.4 is 5.73 Å². The van der Waals surface area contributed by atoms with E-state index in [9.17, 15) is 0 Å². The van der Waals surface area contributed by atoms with Crippen molar-refractivity contribution in [3.63, 3.8) is 0 Å². The molecule has 0 amide bonds. The molecule has 0 radical (unpaired) electrons. The van der Waals surface area contributed by atoms with E-state index in [2.05, 4.69) is 17.2 Å². The van der Waals surface area contributed by atoms with Crippen molar-refractivity contribution in [3.05, 3.63) is 40.2 Å². The molecule has 1 aliphatic carbocycles. The first-order valence-corrected chi connectivity index (χ1v) is 6.99. The zero-order valence-corrected chi connectivity index (χ0v) is 11.7. The number of nitrogens with two attached hydrogens (primary N) is 1. The summed E-state index contributed by atoms with van der Waals surface area (Å²) in [4.78, 5) is 0. The van der Waals surface area contributed by atoms with Crippen LogP contribution >= 0.6 is 11.6 Å². The van der Waals surface area contributed by atoms with Crippen molar-refractivity contribution < 1.29 is 0 Å². The van der Waals surface area contributed by atoms with Gasteiger partial charge in [-0.15, -0.1) is 5.10 Å². The Morgan fingerprint density at radius 2 is 2.21 bits per heavy atom. The smallest absolute Gasteiger partial charge is 0.100 e. The molecular formula is C14H17ClN4. The third-order valence-electron chi connectivity index (χ3n) is 3.86. The van der Waals surface area contributed by atoms with E-state index in [4.69, 9.17) is 17.3 Å². The monoisotopic (exact) mass is 276 g/mol. The number of aryl methyl sites for hydroxylation is 1. The van der Waals surface area contributed by atoms with Crippen molar-refractivity contribution >= 4 is 11.6 Å². The van der Waals surface area contributed by atoms with Gasteiger partial charge in [-0.3, -0.25) is 0 Å². The fraction of sp³-hybridized carbons (Fsp3) is 0.429. The van der Waals surface area contributed by atoms with Gasteiger partial charge in [0, 0.05) is 17.5 Å². The van der Waals surface area contributed by atoms with Gasteiger partial charge in [0.15, 0.2) is 0 Å². The third-order valence-corrected chi connectivity index (χ3v) is 4.10. The standard InChI is InChI=1S/C14H17ClN4/c1-9-5-6-11(15)7-13(9)19-14(10-3-2-4-10)12(8-16)17-18-19/h5-7,10H,2-4,8,16H2,1H3. The fourth-order valence-corrected chi connectivity index (χ4v) is 2.71. The Bertz CT molecular complexity index is 601. The number of rotatable bonds is 3. The summed E-state index contributed by atoms with van der Waals surface area (Å²) in [5.41, 5.74) is 10.00. The topological polar surface area (TPSA) is 56.7 Å². The highest BCUT2D eigenvalue weighted by Crippen LogP contribution is 2.38. The number of hydrogen-bond donors (Lipinski definition) is 1. The maximum atomic E-state index is 6.10. The Balaban J connectivity index is 2.14. The predicted octanol–water partition coefficient (Wildman–Crippen LogP) is 2.96. The van der Waals surface area contributed by atoms with Crippen LogP contribution in [0.1, 0.15) is 42.1 Å². The SMILES string of the molecule is Cc1ccc(Cl)cc1-n1nnc(CN)c1C1CCC1. The second-order valence-electron chi connectivity index (χ2n) is 5.10. The summed E-state index contributed by atoms with van der Waals surface area (Å²) in [5.74, 6) is 0.534. The largest absolute Gasteiger partial charge is 0.325 e. The minimum absolute atomic E-state index is 0.436. The molecule has 0 spiro atoms. The molecule has 1 saturated carbocycles. The van der Waals surface area contributed by atoms with Crippen LogP contribution in [0.2, 0.25) is 5.02 Å². The maximum absolute atomic E-state index is 6.10. The molecule has 0 aliphatic heterocycles. The van der Waals surface area contributed by atoms with Crippen molar-refractivity contribution in [2.24, 2.45) is 5.73 Å². The summed E-state index contributed by atoms with van der Waals surface area (Å²) in [6, 6.07) is 5.84. The van der Waals surface area contributed by atoms with Gasteiger partial charge in [-0.2, -0.15) is 0 Å². The Labute approximate surface area is 117 Å². The second-order valence-corrected chi connectivity index (χ2v) is 5.53. The summed E-state index contributed by atoms with van der Waals surface area (Å²) in [6.45, 7) is 2.49. The molecule has 1 heterocycles. The third kappa shape index (κ3) is 2.15. The van der Waals surface area contributed by atoms with Crippen LogP contribution in [-0.2, 0) is 6.54 Å². The number of benzene rings is 1. The molecule has 0 atom stereocenters. The van der Waals surface area contributed by atoms with Crippen molar-refractivity contribution in [1.29, 1.82) is 0 Å². The highest BCUT2D eigenvalue weighted by molar-refractivity contribution is 6.30. The fourth-order valence-electron chi connectivity index (χ4n) is 2.54. The number of aromatic nitrogens is 3. The van der Waals surface area contributed by atoms with Gasteiger partial charge >= 0.3 is 0 Å². The Morgan fingerprint density at radius 1 is 1.42 bits per heavy atom. The summed E-state index contributed by atoms with van der Waals surface area (Å²) in [7, 11) is 0. The lowest BCUT2D eigenvalue weighted by Crippen LogP contribution is -2.17. The van der Waals surface area contributed by atoms with Crippen molar-refractivity contribution in [1.82, 2.24) is 15.0 Å². The second kappa shape index (κ2) is 4.94. The molecule has 3 rings (SSSR count). The zero-order chi connectivity index (χ0) is 13.4. The maximum Gasteiger partial charge on any atom is 0.100 e. The molecule has 5 heteroatoms. The molecule has 0 unspecified atom stereocenters. The van der Waals surface area contributed by atoms with E-state index in [0.717, 1.165) is 16.9 Å². The minimum Gasteiger partial charge on any atom is -0.325 e. The molecule has 1 aromatic carbocycles. The highest BCUT2D eigenvalue weighted by atomic mass is 35.5. The molecule has 1 aliphatic rings. The molecule has 0 bridgehead atoms. The first-order valence-electron chi connectivity index (χ1n) is 6.61. The molecular weight excluding hydrogens is 260 g/mol. The van der Waals surface area contributed by atoms with Crippen LogP contribution in [0.15, 0.2) is 18.2 Å². The minimum atomic E-state index is 0.436. The normalized spacial score (nSPS) is 15.5. The first-order chi connectivity index (χ1) is 9.20. The van der Waals surface area contributed by atoms with Gasteiger partial charge in [0.25, 0.3) is 0 Å². The van der Waals surface area contributed by atoms with E-state index in [-0.39, 0.29) is 0 Å². The Morgan fingerprint density at radius 3 is 2.84 bits per heavy atom. The van der Waals surface area contributed by atoms with Gasteiger partial charge in [-0.1, -0.05) is 29.3 Å². The van der Waals surface area contributed by atoms with Crippen LogP contribution in [-0.4, -0.2) is 15.0 Å². The summed E-state index contributed by atoms with van der Waals surface area (Å²) in [5, 5.41) is 9.23. The van der Waals surface area contributed by atoms with Crippen molar-refractivity contribution in [2.75, 3.05) is 0 Å². The van der Waals surface area contributed by atoms with E-state index in [0.29, 0.717) is 17.5 Å². The van der Waals surface area contributed by atoms with Gasteiger partial charge in [0.2, 0.25) is 0 Å². The summed E-state index contributed by atoms with van der Waals surface area (Å²) >= 11 is 6.10. The van der Waals surface area contributed by atoms with Gasteiger partial charge in [0.1, 0.15) is 5.69 Å². The molecule has 1 aromatic heterocycles.